The van der Waals surface area contributed by atoms with E-state index in [0.29, 0.717) is 10.6 Å². The van der Waals surface area contributed by atoms with E-state index in [1.165, 1.54) is 19.1 Å². The topological polar surface area (TPSA) is 79.2 Å². The van der Waals surface area contributed by atoms with Gasteiger partial charge >= 0.3 is 5.97 Å². The number of hydrogen-bond acceptors (Lipinski definition) is 4. The van der Waals surface area contributed by atoms with Gasteiger partial charge in [-0.25, -0.2) is 4.79 Å². The molecule has 0 aliphatic carbocycles. The molecule has 0 heterocycles. The molecule has 0 fully saturated rings. The lowest BCUT2D eigenvalue weighted by atomic mass is 9.90. The lowest BCUT2D eigenvalue weighted by Gasteiger charge is -2.28. The molecule has 6 heteroatoms. The van der Waals surface area contributed by atoms with Crippen molar-refractivity contribution >= 4 is 29.6 Å². The number of nitrogens with one attached hydrogen (secondary N) is 1. The van der Waals surface area contributed by atoms with Gasteiger partial charge in [0.25, 0.3) is 5.91 Å². The fraction of sp³-hybridized carbons (Fsp3) is 0.389. The Morgan fingerprint density at radius 3 is 2.50 bits per heavy atom. The summed E-state index contributed by atoms with van der Waals surface area (Å²) in [4.78, 5) is 23.9. The third-order valence-corrected chi connectivity index (χ3v) is 4.08. The van der Waals surface area contributed by atoms with E-state index in [9.17, 15) is 14.9 Å². The molecule has 1 N–H and O–H groups in total. The Balaban J connectivity index is 2.66. The average Bonchev–Trinajstić information content (AvgIpc) is 2.53. The molecule has 0 spiro atoms. The summed E-state index contributed by atoms with van der Waals surface area (Å²) in [7, 11) is 0. The average molecular weight is 349 g/mol. The zero-order valence-electron chi connectivity index (χ0n) is 14.2. The van der Waals surface area contributed by atoms with E-state index in [-0.39, 0.29) is 5.92 Å². The number of amides is 1. The first-order valence-electron chi connectivity index (χ1n) is 7.56. The van der Waals surface area contributed by atoms with E-state index in [1.54, 1.807) is 31.2 Å². The second kappa shape index (κ2) is 8.51. The number of nitriles is 1. The Kier molecular flexibility index (Phi) is 6.99. The van der Waals surface area contributed by atoms with Crippen molar-refractivity contribution in [1.29, 1.82) is 5.26 Å². The molecule has 1 aromatic carbocycles. The Labute approximate surface area is 147 Å². The summed E-state index contributed by atoms with van der Waals surface area (Å²) in [6.45, 7) is 6.73. The molecule has 0 unspecified atom stereocenters. The molecule has 0 aliphatic heterocycles. The maximum absolute atomic E-state index is 12.1. The zero-order valence-corrected chi connectivity index (χ0v) is 14.9. The van der Waals surface area contributed by atoms with Crippen LogP contribution in [0.1, 0.15) is 33.3 Å². The summed E-state index contributed by atoms with van der Waals surface area (Å²) in [5.41, 5.74) is -0.351. The molecule has 5 nitrogen and oxygen atoms in total. The highest BCUT2D eigenvalue weighted by molar-refractivity contribution is 6.32. The molecule has 128 valence electrons. The minimum Gasteiger partial charge on any atom is -0.449 e. The van der Waals surface area contributed by atoms with Gasteiger partial charge in [-0.05, 0) is 37.5 Å². The van der Waals surface area contributed by atoms with Gasteiger partial charge in [0.1, 0.15) is 5.54 Å². The number of carbonyl (C=O) groups is 2. The molecule has 0 aromatic heterocycles. The molecular formula is C18H21ClN2O3. The van der Waals surface area contributed by atoms with Crippen LogP contribution in [0.4, 0.5) is 0 Å². The summed E-state index contributed by atoms with van der Waals surface area (Å²) >= 11 is 5.98. The van der Waals surface area contributed by atoms with Crippen LogP contribution in [0.25, 0.3) is 6.08 Å². The second-order valence-electron chi connectivity index (χ2n) is 5.89. The summed E-state index contributed by atoms with van der Waals surface area (Å²) in [5.74, 6) is -1.28. The van der Waals surface area contributed by atoms with Gasteiger partial charge in [0, 0.05) is 11.1 Å². The van der Waals surface area contributed by atoms with Crippen LogP contribution in [0.5, 0.6) is 0 Å². The number of halogens is 1. The van der Waals surface area contributed by atoms with Crippen molar-refractivity contribution in [3.05, 3.63) is 40.9 Å². The Morgan fingerprint density at radius 1 is 1.33 bits per heavy atom. The first kappa shape index (κ1) is 19.7. The molecule has 0 saturated heterocycles. The number of nitrogens with zero attached hydrogens (tertiary/aromatic N) is 1. The normalized spacial score (nSPS) is 14.7. The minimum atomic E-state index is -1.02. The minimum absolute atomic E-state index is 0.0885. The summed E-state index contributed by atoms with van der Waals surface area (Å²) in [6, 6.07) is 9.10. The SMILES string of the molecule is CC(C)[C@@](C)(C#N)NC(=O)[C@H](C)OC(=O)/C=C\c1ccccc1Cl. The van der Waals surface area contributed by atoms with Gasteiger partial charge in [0.2, 0.25) is 0 Å². The molecule has 2 atom stereocenters. The number of benzene rings is 1. The van der Waals surface area contributed by atoms with Gasteiger partial charge in [0.15, 0.2) is 6.10 Å². The Bertz CT molecular complexity index is 679. The maximum atomic E-state index is 12.1. The van der Waals surface area contributed by atoms with E-state index < -0.39 is 23.5 Å². The van der Waals surface area contributed by atoms with Crippen LogP contribution in [-0.2, 0) is 14.3 Å². The predicted octanol–water partition coefficient (Wildman–Crippen LogP) is 3.34. The molecule has 1 amide bonds. The van der Waals surface area contributed by atoms with Crippen LogP contribution >= 0.6 is 11.6 Å². The first-order valence-corrected chi connectivity index (χ1v) is 7.94. The predicted molar refractivity (Wildman–Crippen MR) is 93.0 cm³/mol. The van der Waals surface area contributed by atoms with E-state index in [4.69, 9.17) is 16.3 Å². The van der Waals surface area contributed by atoms with Crippen molar-refractivity contribution in [2.75, 3.05) is 0 Å². The molecule has 0 saturated carbocycles. The lowest BCUT2D eigenvalue weighted by Crippen LogP contribution is -2.52. The van der Waals surface area contributed by atoms with Crippen molar-refractivity contribution < 1.29 is 14.3 Å². The smallest absolute Gasteiger partial charge is 0.331 e. The van der Waals surface area contributed by atoms with Crippen LogP contribution in [0.3, 0.4) is 0 Å². The largest absolute Gasteiger partial charge is 0.449 e. The number of esters is 1. The van der Waals surface area contributed by atoms with Crippen LogP contribution in [0, 0.1) is 17.2 Å². The molecule has 24 heavy (non-hydrogen) atoms. The van der Waals surface area contributed by atoms with Crippen molar-refractivity contribution in [3.63, 3.8) is 0 Å². The van der Waals surface area contributed by atoms with E-state index >= 15 is 0 Å². The van der Waals surface area contributed by atoms with Gasteiger partial charge < -0.3 is 10.1 Å². The van der Waals surface area contributed by atoms with E-state index in [2.05, 4.69) is 11.4 Å². The molecule has 1 rings (SSSR count). The second-order valence-corrected chi connectivity index (χ2v) is 6.30. The van der Waals surface area contributed by atoms with Gasteiger partial charge in [-0.1, -0.05) is 43.6 Å². The Morgan fingerprint density at radius 2 is 1.96 bits per heavy atom. The van der Waals surface area contributed by atoms with Gasteiger partial charge in [0.05, 0.1) is 6.07 Å². The monoisotopic (exact) mass is 348 g/mol. The summed E-state index contributed by atoms with van der Waals surface area (Å²) in [6.07, 6.45) is 1.71. The third kappa shape index (κ3) is 5.39. The molecule has 0 radical (unpaired) electrons. The van der Waals surface area contributed by atoms with Crippen LogP contribution < -0.4 is 5.32 Å². The van der Waals surface area contributed by atoms with E-state index in [0.717, 1.165) is 0 Å². The summed E-state index contributed by atoms with van der Waals surface area (Å²) < 4.78 is 5.05. The number of carbonyl (C=O) groups excluding carboxylic acids is 2. The quantitative estimate of drug-likeness (QED) is 0.631. The van der Waals surface area contributed by atoms with E-state index in [1.807, 2.05) is 13.8 Å². The highest BCUT2D eigenvalue weighted by Gasteiger charge is 2.32. The fourth-order valence-corrected chi connectivity index (χ4v) is 1.89. The molecule has 1 aromatic rings. The van der Waals surface area contributed by atoms with Crippen molar-refractivity contribution in [1.82, 2.24) is 5.32 Å². The van der Waals surface area contributed by atoms with Gasteiger partial charge in [-0.3, -0.25) is 4.79 Å². The van der Waals surface area contributed by atoms with Crippen molar-refractivity contribution in [3.8, 4) is 6.07 Å². The molecule has 0 aliphatic rings. The van der Waals surface area contributed by atoms with Crippen LogP contribution in [0.2, 0.25) is 5.02 Å². The highest BCUT2D eigenvalue weighted by atomic mass is 35.5. The Hall–Kier alpha value is -2.32. The molecular weight excluding hydrogens is 328 g/mol. The highest BCUT2D eigenvalue weighted by Crippen LogP contribution is 2.17. The van der Waals surface area contributed by atoms with Crippen molar-refractivity contribution in [2.45, 2.75) is 39.3 Å². The number of hydrogen-bond donors (Lipinski definition) is 1. The number of rotatable bonds is 6. The number of ether oxygens (including phenoxy) is 1. The summed E-state index contributed by atoms with van der Waals surface area (Å²) in [5, 5.41) is 12.3. The van der Waals surface area contributed by atoms with Gasteiger partial charge in [-0.2, -0.15) is 5.26 Å². The zero-order chi connectivity index (χ0) is 18.3. The van der Waals surface area contributed by atoms with Crippen LogP contribution in [-0.4, -0.2) is 23.5 Å². The fourth-order valence-electron chi connectivity index (χ4n) is 1.69. The van der Waals surface area contributed by atoms with Crippen molar-refractivity contribution in [2.24, 2.45) is 5.92 Å². The van der Waals surface area contributed by atoms with Crippen LogP contribution in [0.15, 0.2) is 30.3 Å². The third-order valence-electron chi connectivity index (χ3n) is 3.74. The first-order chi connectivity index (χ1) is 11.2. The standard InChI is InChI=1S/C18H21ClN2O3/c1-12(2)18(4,11-20)21-17(23)13(3)24-16(22)10-9-14-7-5-6-8-15(14)19/h5-10,12-13H,1-4H3,(H,21,23)/b10-9-/t13-,18+/m0/s1. The lowest BCUT2D eigenvalue weighted by molar-refractivity contribution is -0.150. The molecule has 0 bridgehead atoms. The van der Waals surface area contributed by atoms with Gasteiger partial charge in [-0.15, -0.1) is 0 Å². The maximum Gasteiger partial charge on any atom is 0.331 e.